The number of hydrogen-bond acceptors (Lipinski definition) is 3. The third-order valence-electron chi connectivity index (χ3n) is 3.09. The molecule has 0 fully saturated rings. The topological polar surface area (TPSA) is 69.6 Å². The van der Waals surface area contributed by atoms with Gasteiger partial charge in [-0.2, -0.15) is 0 Å². The van der Waals surface area contributed by atoms with Crippen LogP contribution < -0.4 is 5.32 Å². The zero-order valence-electron chi connectivity index (χ0n) is 10.8. The zero-order valence-corrected chi connectivity index (χ0v) is 10.8. The SMILES string of the molecule is CC(CO)C(C)NC(=O)CC(O)c1ccccc1. The van der Waals surface area contributed by atoms with Crippen molar-refractivity contribution in [3.05, 3.63) is 35.9 Å². The van der Waals surface area contributed by atoms with Gasteiger partial charge in [-0.15, -0.1) is 0 Å². The van der Waals surface area contributed by atoms with Crippen molar-refractivity contribution in [1.82, 2.24) is 5.32 Å². The van der Waals surface area contributed by atoms with E-state index in [0.29, 0.717) is 0 Å². The van der Waals surface area contributed by atoms with Crippen LogP contribution in [0, 0.1) is 5.92 Å². The van der Waals surface area contributed by atoms with Crippen molar-refractivity contribution < 1.29 is 15.0 Å². The number of rotatable bonds is 6. The van der Waals surface area contributed by atoms with Gasteiger partial charge < -0.3 is 15.5 Å². The van der Waals surface area contributed by atoms with Gasteiger partial charge in [0, 0.05) is 12.6 Å². The molecule has 3 unspecified atom stereocenters. The predicted octanol–water partition coefficient (Wildman–Crippen LogP) is 1.24. The van der Waals surface area contributed by atoms with Gasteiger partial charge in [0.05, 0.1) is 12.5 Å². The molecule has 0 aliphatic heterocycles. The second kappa shape index (κ2) is 7.13. The first-order valence-electron chi connectivity index (χ1n) is 6.17. The first-order valence-corrected chi connectivity index (χ1v) is 6.17. The summed E-state index contributed by atoms with van der Waals surface area (Å²) in [6, 6.07) is 8.99. The van der Waals surface area contributed by atoms with E-state index in [2.05, 4.69) is 5.32 Å². The van der Waals surface area contributed by atoms with Gasteiger partial charge in [-0.25, -0.2) is 0 Å². The molecule has 4 heteroatoms. The van der Waals surface area contributed by atoms with Crippen LogP contribution >= 0.6 is 0 Å². The number of carbonyl (C=O) groups excluding carboxylic acids is 1. The van der Waals surface area contributed by atoms with E-state index in [0.717, 1.165) is 5.56 Å². The minimum Gasteiger partial charge on any atom is -0.396 e. The van der Waals surface area contributed by atoms with Crippen molar-refractivity contribution >= 4 is 5.91 Å². The van der Waals surface area contributed by atoms with Crippen LogP contribution in [0.5, 0.6) is 0 Å². The third kappa shape index (κ3) is 4.47. The molecule has 0 radical (unpaired) electrons. The average Bonchev–Trinajstić information content (AvgIpc) is 2.38. The van der Waals surface area contributed by atoms with Crippen LogP contribution in [0.15, 0.2) is 30.3 Å². The highest BCUT2D eigenvalue weighted by molar-refractivity contribution is 5.76. The van der Waals surface area contributed by atoms with E-state index in [9.17, 15) is 9.90 Å². The highest BCUT2D eigenvalue weighted by Crippen LogP contribution is 2.15. The van der Waals surface area contributed by atoms with Gasteiger partial charge in [-0.3, -0.25) is 4.79 Å². The number of nitrogens with one attached hydrogen (secondary N) is 1. The Labute approximate surface area is 108 Å². The molecular formula is C14H21NO3. The number of aliphatic hydroxyl groups is 2. The van der Waals surface area contributed by atoms with Crippen LogP contribution in [-0.4, -0.2) is 28.8 Å². The Morgan fingerprint density at radius 2 is 1.89 bits per heavy atom. The Morgan fingerprint density at radius 3 is 2.44 bits per heavy atom. The van der Waals surface area contributed by atoms with Crippen LogP contribution in [0.4, 0.5) is 0 Å². The largest absolute Gasteiger partial charge is 0.396 e. The van der Waals surface area contributed by atoms with Crippen molar-refractivity contribution in [3.63, 3.8) is 0 Å². The molecule has 4 nitrogen and oxygen atoms in total. The van der Waals surface area contributed by atoms with Gasteiger partial charge in [-0.1, -0.05) is 37.3 Å². The molecule has 1 aromatic carbocycles. The summed E-state index contributed by atoms with van der Waals surface area (Å²) in [6.45, 7) is 3.73. The summed E-state index contributed by atoms with van der Waals surface area (Å²) in [6.07, 6.45) is -0.755. The van der Waals surface area contributed by atoms with Crippen molar-refractivity contribution in [1.29, 1.82) is 0 Å². The number of amides is 1. The Bertz CT molecular complexity index is 367. The minimum atomic E-state index is -0.789. The van der Waals surface area contributed by atoms with Crippen LogP contribution in [-0.2, 0) is 4.79 Å². The lowest BCUT2D eigenvalue weighted by Crippen LogP contribution is -2.38. The normalized spacial score (nSPS) is 15.8. The van der Waals surface area contributed by atoms with E-state index in [1.807, 2.05) is 32.0 Å². The number of carbonyl (C=O) groups is 1. The van der Waals surface area contributed by atoms with Gasteiger partial charge >= 0.3 is 0 Å². The third-order valence-corrected chi connectivity index (χ3v) is 3.09. The summed E-state index contributed by atoms with van der Waals surface area (Å²) in [5.41, 5.74) is 0.732. The molecule has 3 N–H and O–H groups in total. The molecule has 0 spiro atoms. The second-order valence-corrected chi connectivity index (χ2v) is 4.65. The maximum Gasteiger partial charge on any atom is 0.223 e. The van der Waals surface area contributed by atoms with Crippen LogP contribution in [0.3, 0.4) is 0 Å². The van der Waals surface area contributed by atoms with E-state index in [4.69, 9.17) is 5.11 Å². The molecule has 0 saturated heterocycles. The summed E-state index contributed by atoms with van der Waals surface area (Å²) in [7, 11) is 0. The van der Waals surface area contributed by atoms with Crippen LogP contribution in [0.1, 0.15) is 31.9 Å². The molecule has 0 bridgehead atoms. The molecule has 3 atom stereocenters. The molecule has 18 heavy (non-hydrogen) atoms. The number of benzene rings is 1. The first kappa shape index (κ1) is 14.7. The highest BCUT2D eigenvalue weighted by atomic mass is 16.3. The maximum atomic E-state index is 11.7. The van der Waals surface area contributed by atoms with E-state index in [1.54, 1.807) is 12.1 Å². The van der Waals surface area contributed by atoms with Crippen LogP contribution in [0.2, 0.25) is 0 Å². The van der Waals surface area contributed by atoms with Gasteiger partial charge in [0.1, 0.15) is 0 Å². The molecule has 0 heterocycles. The summed E-state index contributed by atoms with van der Waals surface area (Å²) < 4.78 is 0. The minimum absolute atomic E-state index is 0.00261. The molecule has 1 rings (SSSR count). The molecule has 100 valence electrons. The molecule has 1 aromatic rings. The zero-order chi connectivity index (χ0) is 13.5. The molecule has 0 aliphatic carbocycles. The average molecular weight is 251 g/mol. The lowest BCUT2D eigenvalue weighted by atomic mass is 10.0. The number of hydrogen-bond donors (Lipinski definition) is 3. The number of aliphatic hydroxyl groups excluding tert-OH is 2. The summed E-state index contributed by atoms with van der Waals surface area (Å²) in [4.78, 5) is 11.7. The predicted molar refractivity (Wildman–Crippen MR) is 69.9 cm³/mol. The van der Waals surface area contributed by atoms with Gasteiger partial charge in [0.2, 0.25) is 5.91 Å². The van der Waals surface area contributed by atoms with Gasteiger partial charge in [0.25, 0.3) is 0 Å². The van der Waals surface area contributed by atoms with E-state index >= 15 is 0 Å². The fourth-order valence-electron chi connectivity index (χ4n) is 1.58. The standard InChI is InChI=1S/C14H21NO3/c1-10(9-16)11(2)15-14(18)8-13(17)12-6-4-3-5-7-12/h3-7,10-11,13,16-17H,8-9H2,1-2H3,(H,15,18). The van der Waals surface area contributed by atoms with E-state index in [1.165, 1.54) is 0 Å². The molecule has 0 aromatic heterocycles. The highest BCUT2D eigenvalue weighted by Gasteiger charge is 2.17. The summed E-state index contributed by atoms with van der Waals surface area (Å²) in [5, 5.41) is 21.6. The van der Waals surface area contributed by atoms with Crippen LogP contribution in [0.25, 0.3) is 0 Å². The molecule has 1 amide bonds. The Hall–Kier alpha value is -1.39. The van der Waals surface area contributed by atoms with Gasteiger partial charge in [-0.05, 0) is 18.4 Å². The molecule has 0 saturated carbocycles. The Balaban J connectivity index is 2.45. The fraction of sp³-hybridized carbons (Fsp3) is 0.500. The second-order valence-electron chi connectivity index (χ2n) is 4.65. The summed E-state index contributed by atoms with van der Waals surface area (Å²) in [5.74, 6) is -0.207. The van der Waals surface area contributed by atoms with E-state index < -0.39 is 6.10 Å². The first-order chi connectivity index (χ1) is 8.54. The van der Waals surface area contributed by atoms with Crippen molar-refractivity contribution in [2.24, 2.45) is 5.92 Å². The Kier molecular flexibility index (Phi) is 5.82. The molecular weight excluding hydrogens is 230 g/mol. The van der Waals surface area contributed by atoms with Gasteiger partial charge in [0.15, 0.2) is 0 Å². The quantitative estimate of drug-likeness (QED) is 0.712. The fourth-order valence-corrected chi connectivity index (χ4v) is 1.58. The lowest BCUT2D eigenvalue weighted by molar-refractivity contribution is -0.124. The Morgan fingerprint density at radius 1 is 1.28 bits per heavy atom. The van der Waals surface area contributed by atoms with Crippen molar-refractivity contribution in [2.75, 3.05) is 6.61 Å². The van der Waals surface area contributed by atoms with E-state index in [-0.39, 0.29) is 30.9 Å². The van der Waals surface area contributed by atoms with Crippen molar-refractivity contribution in [2.45, 2.75) is 32.4 Å². The maximum absolute atomic E-state index is 11.7. The summed E-state index contributed by atoms with van der Waals surface area (Å²) >= 11 is 0. The molecule has 0 aliphatic rings. The smallest absolute Gasteiger partial charge is 0.223 e. The monoisotopic (exact) mass is 251 g/mol. The lowest BCUT2D eigenvalue weighted by Gasteiger charge is -2.20. The van der Waals surface area contributed by atoms with Crippen molar-refractivity contribution in [3.8, 4) is 0 Å².